The average molecular weight is 239 g/mol. The van der Waals surface area contributed by atoms with Crippen LogP contribution in [0.5, 0.6) is 5.75 Å². The Bertz CT molecular complexity index is 292. The van der Waals surface area contributed by atoms with Crippen LogP contribution in [0.25, 0.3) is 0 Å². The van der Waals surface area contributed by atoms with Crippen LogP contribution in [-0.4, -0.2) is 44.1 Å². The largest absolute Gasteiger partial charge is 0.488 e. The van der Waals surface area contributed by atoms with E-state index in [1.165, 1.54) is 0 Å². The molecule has 1 aromatic rings. The molecule has 96 valence electrons. The Morgan fingerprint density at radius 2 is 2.00 bits per heavy atom. The van der Waals surface area contributed by atoms with Crippen LogP contribution in [0.4, 0.5) is 0 Å². The van der Waals surface area contributed by atoms with E-state index in [9.17, 15) is 5.11 Å². The van der Waals surface area contributed by atoms with Gasteiger partial charge in [0.2, 0.25) is 0 Å². The smallest absolute Gasteiger partial charge is 0.123 e. The van der Waals surface area contributed by atoms with Gasteiger partial charge in [-0.2, -0.15) is 0 Å². The molecule has 4 heteroatoms. The van der Waals surface area contributed by atoms with Crippen LogP contribution in [0.15, 0.2) is 30.3 Å². The molecule has 2 unspecified atom stereocenters. The second-order valence-corrected chi connectivity index (χ2v) is 3.90. The van der Waals surface area contributed by atoms with E-state index in [4.69, 9.17) is 9.47 Å². The van der Waals surface area contributed by atoms with Crippen molar-refractivity contribution in [2.24, 2.45) is 0 Å². The van der Waals surface area contributed by atoms with E-state index in [-0.39, 0.29) is 6.10 Å². The highest BCUT2D eigenvalue weighted by molar-refractivity contribution is 5.21. The van der Waals surface area contributed by atoms with E-state index in [2.05, 4.69) is 5.32 Å². The third-order valence-electron chi connectivity index (χ3n) is 2.44. The third-order valence-corrected chi connectivity index (χ3v) is 2.44. The van der Waals surface area contributed by atoms with Crippen LogP contribution in [-0.2, 0) is 4.74 Å². The Labute approximate surface area is 103 Å². The second-order valence-electron chi connectivity index (χ2n) is 3.90. The fraction of sp³-hybridized carbons (Fsp3) is 0.538. The summed E-state index contributed by atoms with van der Waals surface area (Å²) in [5.74, 6) is 0.774. The maximum atomic E-state index is 9.85. The predicted octanol–water partition coefficient (Wildman–Crippen LogP) is 1.05. The fourth-order valence-corrected chi connectivity index (χ4v) is 1.38. The molecule has 0 aliphatic heterocycles. The maximum absolute atomic E-state index is 9.85. The number of benzene rings is 1. The highest BCUT2D eigenvalue weighted by Crippen LogP contribution is 2.12. The zero-order chi connectivity index (χ0) is 12.5. The van der Waals surface area contributed by atoms with Crippen LogP contribution in [0.2, 0.25) is 0 Å². The first-order valence-corrected chi connectivity index (χ1v) is 5.83. The van der Waals surface area contributed by atoms with Gasteiger partial charge in [0, 0.05) is 20.2 Å². The van der Waals surface area contributed by atoms with Crippen molar-refractivity contribution >= 4 is 0 Å². The maximum Gasteiger partial charge on any atom is 0.123 e. The Balaban J connectivity index is 2.24. The lowest BCUT2D eigenvalue weighted by molar-refractivity contribution is 0.0465. The number of aliphatic hydroxyl groups excluding tert-OH is 1. The number of hydrogen-bond acceptors (Lipinski definition) is 4. The van der Waals surface area contributed by atoms with E-state index in [1.807, 2.05) is 37.3 Å². The summed E-state index contributed by atoms with van der Waals surface area (Å²) in [6.45, 7) is 3.72. The van der Waals surface area contributed by atoms with Gasteiger partial charge in [0.05, 0.1) is 6.61 Å². The summed E-state index contributed by atoms with van der Waals surface area (Å²) in [6.07, 6.45) is -0.778. The lowest BCUT2D eigenvalue weighted by Gasteiger charge is -2.20. The van der Waals surface area contributed by atoms with Gasteiger partial charge in [-0.3, -0.25) is 0 Å². The van der Waals surface area contributed by atoms with Gasteiger partial charge in [0.1, 0.15) is 18.0 Å². The summed E-state index contributed by atoms with van der Waals surface area (Å²) in [5.41, 5.74) is 0. The Hall–Kier alpha value is -1.10. The summed E-state index contributed by atoms with van der Waals surface area (Å²) in [5, 5.41) is 12.9. The molecule has 2 N–H and O–H groups in total. The van der Waals surface area contributed by atoms with E-state index in [0.29, 0.717) is 13.2 Å². The summed E-state index contributed by atoms with van der Waals surface area (Å²) in [6, 6.07) is 9.50. The Kier molecular flexibility index (Phi) is 6.62. The zero-order valence-electron chi connectivity index (χ0n) is 10.4. The molecule has 17 heavy (non-hydrogen) atoms. The van der Waals surface area contributed by atoms with Gasteiger partial charge in [0.25, 0.3) is 0 Å². The van der Waals surface area contributed by atoms with Crippen molar-refractivity contribution in [1.82, 2.24) is 5.32 Å². The summed E-state index contributed by atoms with van der Waals surface area (Å²) < 4.78 is 10.5. The van der Waals surface area contributed by atoms with E-state index >= 15 is 0 Å². The molecule has 1 rings (SSSR count). The molecule has 0 bridgehead atoms. The average Bonchev–Trinajstić information content (AvgIpc) is 2.35. The van der Waals surface area contributed by atoms with Crippen molar-refractivity contribution in [3.8, 4) is 5.75 Å². The molecule has 0 radical (unpaired) electrons. The number of para-hydroxylation sites is 1. The van der Waals surface area contributed by atoms with Gasteiger partial charge in [-0.15, -0.1) is 0 Å². The molecule has 0 saturated carbocycles. The van der Waals surface area contributed by atoms with Crippen LogP contribution in [0.3, 0.4) is 0 Å². The minimum Gasteiger partial charge on any atom is -0.488 e. The molecule has 0 fully saturated rings. The summed E-state index contributed by atoms with van der Waals surface area (Å²) >= 11 is 0. The summed E-state index contributed by atoms with van der Waals surface area (Å²) in [7, 11) is 1.65. The van der Waals surface area contributed by atoms with Gasteiger partial charge in [-0.05, 0) is 19.1 Å². The third kappa shape index (κ3) is 5.68. The molecule has 1 aromatic carbocycles. The van der Waals surface area contributed by atoms with E-state index in [0.717, 1.165) is 12.3 Å². The molecule has 0 spiro atoms. The normalized spacial score (nSPS) is 14.3. The molecular weight excluding hydrogens is 218 g/mol. The van der Waals surface area contributed by atoms with Crippen molar-refractivity contribution in [3.05, 3.63) is 30.3 Å². The Morgan fingerprint density at radius 3 is 2.65 bits per heavy atom. The number of ether oxygens (including phenoxy) is 2. The Morgan fingerprint density at radius 1 is 1.29 bits per heavy atom. The highest BCUT2D eigenvalue weighted by atomic mass is 16.5. The molecule has 0 saturated heterocycles. The first-order chi connectivity index (χ1) is 8.24. The number of rotatable bonds is 8. The van der Waals surface area contributed by atoms with Crippen LogP contribution in [0, 0.1) is 0 Å². The molecule has 0 aliphatic carbocycles. The minimum absolute atomic E-state index is 0.243. The molecular formula is C13H21NO3. The van der Waals surface area contributed by atoms with Gasteiger partial charge < -0.3 is 19.9 Å². The van der Waals surface area contributed by atoms with Crippen LogP contribution >= 0.6 is 0 Å². The summed E-state index contributed by atoms with van der Waals surface area (Å²) in [4.78, 5) is 0. The highest BCUT2D eigenvalue weighted by Gasteiger charge is 2.15. The van der Waals surface area contributed by atoms with Gasteiger partial charge >= 0.3 is 0 Å². The van der Waals surface area contributed by atoms with Crippen molar-refractivity contribution in [1.29, 1.82) is 0 Å². The lowest BCUT2D eigenvalue weighted by Crippen LogP contribution is -2.38. The predicted molar refractivity (Wildman–Crippen MR) is 67.3 cm³/mol. The van der Waals surface area contributed by atoms with Crippen molar-refractivity contribution < 1.29 is 14.6 Å². The molecule has 0 aromatic heterocycles. The van der Waals surface area contributed by atoms with Gasteiger partial charge in [-0.1, -0.05) is 18.2 Å². The zero-order valence-corrected chi connectivity index (χ0v) is 10.4. The molecule has 0 heterocycles. The van der Waals surface area contributed by atoms with E-state index < -0.39 is 6.10 Å². The number of methoxy groups -OCH3 is 1. The topological polar surface area (TPSA) is 50.7 Å². The van der Waals surface area contributed by atoms with Crippen molar-refractivity contribution in [3.63, 3.8) is 0 Å². The number of hydrogen-bond donors (Lipinski definition) is 2. The first-order valence-electron chi connectivity index (χ1n) is 5.83. The quantitative estimate of drug-likeness (QED) is 0.666. The van der Waals surface area contributed by atoms with E-state index in [1.54, 1.807) is 7.11 Å². The first kappa shape index (κ1) is 14.0. The van der Waals surface area contributed by atoms with Crippen LogP contribution < -0.4 is 10.1 Å². The van der Waals surface area contributed by atoms with Gasteiger partial charge in [0.15, 0.2) is 0 Å². The number of aliphatic hydroxyl groups is 1. The van der Waals surface area contributed by atoms with Crippen molar-refractivity contribution in [2.75, 3.05) is 26.8 Å². The van der Waals surface area contributed by atoms with Gasteiger partial charge in [-0.25, -0.2) is 0 Å². The van der Waals surface area contributed by atoms with Crippen LogP contribution in [0.1, 0.15) is 6.92 Å². The second kappa shape index (κ2) is 8.06. The minimum atomic E-state index is -0.535. The molecule has 0 aliphatic rings. The van der Waals surface area contributed by atoms with Crippen molar-refractivity contribution in [2.45, 2.75) is 19.1 Å². The molecule has 2 atom stereocenters. The monoisotopic (exact) mass is 239 g/mol. The number of nitrogens with one attached hydrogen (secondary N) is 1. The fourth-order valence-electron chi connectivity index (χ4n) is 1.38. The lowest BCUT2D eigenvalue weighted by atomic mass is 10.2. The molecule has 0 amide bonds. The standard InChI is InChI=1S/C13H21NO3/c1-11(13(15)10-14-8-9-16-2)17-12-6-4-3-5-7-12/h3-7,11,13-15H,8-10H2,1-2H3. The SMILES string of the molecule is COCCNCC(O)C(C)Oc1ccccc1. The molecule has 4 nitrogen and oxygen atoms in total.